The molecule has 0 saturated carbocycles. The van der Waals surface area contributed by atoms with Crippen molar-refractivity contribution >= 4 is 12.2 Å². The zero-order valence-electron chi connectivity index (χ0n) is 10.1. The summed E-state index contributed by atoms with van der Waals surface area (Å²) in [6.45, 7) is 8.19. The Labute approximate surface area is 101 Å². The minimum atomic E-state index is 0.330. The van der Waals surface area contributed by atoms with Crippen molar-refractivity contribution in [3.8, 4) is 0 Å². The Morgan fingerprint density at radius 1 is 1.62 bits per heavy atom. The molecule has 1 N–H and O–H groups in total. The number of aromatic nitrogens is 3. The van der Waals surface area contributed by atoms with E-state index in [4.69, 9.17) is 17.0 Å². The molecular formula is C11H19N3OS. The van der Waals surface area contributed by atoms with E-state index in [1.165, 1.54) is 0 Å². The summed E-state index contributed by atoms with van der Waals surface area (Å²) in [5.41, 5.74) is 0. The minimum Gasteiger partial charge on any atom is -0.378 e. The number of aromatic amines is 1. The van der Waals surface area contributed by atoms with Gasteiger partial charge in [-0.2, -0.15) is 5.10 Å². The molecule has 0 amide bonds. The molecule has 2 unspecified atom stereocenters. The fourth-order valence-electron chi connectivity index (χ4n) is 2.20. The van der Waals surface area contributed by atoms with Crippen LogP contribution in [-0.2, 0) is 11.3 Å². The third-order valence-corrected chi connectivity index (χ3v) is 3.57. The van der Waals surface area contributed by atoms with Crippen LogP contribution in [0.3, 0.4) is 0 Å². The molecule has 2 atom stereocenters. The lowest BCUT2D eigenvalue weighted by Gasteiger charge is -2.16. The average Bonchev–Trinajstić information content (AvgIpc) is 2.76. The Morgan fingerprint density at radius 2 is 2.38 bits per heavy atom. The Bertz CT molecular complexity index is 410. The first-order chi connectivity index (χ1) is 7.59. The molecule has 1 saturated heterocycles. The topological polar surface area (TPSA) is 42.8 Å². The molecule has 5 heteroatoms. The zero-order valence-corrected chi connectivity index (χ0v) is 10.9. The van der Waals surface area contributed by atoms with Gasteiger partial charge in [-0.25, -0.2) is 0 Å². The van der Waals surface area contributed by atoms with Gasteiger partial charge in [0.1, 0.15) is 5.82 Å². The molecule has 0 aromatic carbocycles. The predicted molar refractivity (Wildman–Crippen MR) is 65.0 cm³/mol. The van der Waals surface area contributed by atoms with Crippen LogP contribution in [0.2, 0.25) is 0 Å². The second-order valence-corrected chi connectivity index (χ2v) is 5.16. The minimum absolute atomic E-state index is 0.330. The van der Waals surface area contributed by atoms with E-state index in [1.54, 1.807) is 0 Å². The smallest absolute Gasteiger partial charge is 0.195 e. The number of hydrogen-bond acceptors (Lipinski definition) is 3. The van der Waals surface area contributed by atoms with Gasteiger partial charge < -0.3 is 9.30 Å². The number of nitrogens with one attached hydrogen (secondary N) is 1. The van der Waals surface area contributed by atoms with Crippen LogP contribution in [0, 0.1) is 10.7 Å². The first-order valence-corrected chi connectivity index (χ1v) is 6.27. The lowest BCUT2D eigenvalue weighted by Crippen LogP contribution is -2.19. The highest BCUT2D eigenvalue weighted by molar-refractivity contribution is 7.71. The van der Waals surface area contributed by atoms with Crippen molar-refractivity contribution in [2.75, 3.05) is 6.61 Å². The molecule has 1 aromatic heterocycles. The third kappa shape index (κ3) is 2.20. The Morgan fingerprint density at radius 3 is 2.94 bits per heavy atom. The molecule has 1 aliphatic heterocycles. The van der Waals surface area contributed by atoms with E-state index in [2.05, 4.69) is 35.5 Å². The summed E-state index contributed by atoms with van der Waals surface area (Å²) < 4.78 is 8.42. The van der Waals surface area contributed by atoms with Gasteiger partial charge >= 0.3 is 0 Å². The molecule has 1 aliphatic rings. The molecular weight excluding hydrogens is 222 g/mol. The quantitative estimate of drug-likeness (QED) is 0.827. The Balaban J connectivity index is 2.20. The fraction of sp³-hybridized carbons (Fsp3) is 0.818. The van der Waals surface area contributed by atoms with Gasteiger partial charge in [-0.3, -0.25) is 5.10 Å². The maximum absolute atomic E-state index is 5.58. The summed E-state index contributed by atoms with van der Waals surface area (Å²) >= 11 is 5.27. The molecule has 0 bridgehead atoms. The van der Waals surface area contributed by atoms with E-state index in [1.807, 2.05) is 0 Å². The van der Waals surface area contributed by atoms with Gasteiger partial charge in [0.15, 0.2) is 4.77 Å². The highest BCUT2D eigenvalue weighted by Gasteiger charge is 2.26. The fourth-order valence-corrected chi connectivity index (χ4v) is 2.41. The summed E-state index contributed by atoms with van der Waals surface area (Å²) in [4.78, 5) is 0. The largest absolute Gasteiger partial charge is 0.378 e. The maximum atomic E-state index is 5.58. The van der Waals surface area contributed by atoms with Crippen LogP contribution in [0.25, 0.3) is 0 Å². The predicted octanol–water partition coefficient (Wildman–Crippen LogP) is 2.49. The molecule has 90 valence electrons. The molecule has 1 aromatic rings. The number of rotatable bonds is 3. The number of H-pyrrole nitrogens is 1. The van der Waals surface area contributed by atoms with Crippen molar-refractivity contribution in [3.63, 3.8) is 0 Å². The summed E-state index contributed by atoms with van der Waals surface area (Å²) in [6.07, 6.45) is 1.45. The molecule has 0 radical (unpaired) electrons. The summed E-state index contributed by atoms with van der Waals surface area (Å²) in [6, 6.07) is 0. The summed E-state index contributed by atoms with van der Waals surface area (Å²) in [5, 5.41) is 7.17. The monoisotopic (exact) mass is 241 g/mol. The lowest BCUT2D eigenvalue weighted by molar-refractivity contribution is 0.101. The van der Waals surface area contributed by atoms with E-state index in [0.29, 0.717) is 17.9 Å². The number of nitrogens with zero attached hydrogens (tertiary/aromatic N) is 2. The van der Waals surface area contributed by atoms with Crippen LogP contribution in [-0.4, -0.2) is 27.5 Å². The molecule has 2 rings (SSSR count). The Kier molecular flexibility index (Phi) is 3.44. The van der Waals surface area contributed by atoms with Crippen molar-refractivity contribution in [2.45, 2.75) is 45.8 Å². The van der Waals surface area contributed by atoms with E-state index in [0.717, 1.165) is 30.2 Å². The Hall–Kier alpha value is -0.680. The lowest BCUT2D eigenvalue weighted by atomic mass is 10.0. The second kappa shape index (κ2) is 4.67. The highest BCUT2D eigenvalue weighted by atomic mass is 32.1. The normalized spacial score (nSPS) is 25.5. The highest BCUT2D eigenvalue weighted by Crippen LogP contribution is 2.24. The van der Waals surface area contributed by atoms with Crippen molar-refractivity contribution in [3.05, 3.63) is 10.6 Å². The van der Waals surface area contributed by atoms with Gasteiger partial charge in [0.05, 0.1) is 6.10 Å². The zero-order chi connectivity index (χ0) is 11.7. The maximum Gasteiger partial charge on any atom is 0.195 e. The van der Waals surface area contributed by atoms with Crippen LogP contribution in [0.1, 0.15) is 38.9 Å². The van der Waals surface area contributed by atoms with Crippen LogP contribution < -0.4 is 0 Å². The van der Waals surface area contributed by atoms with Gasteiger partial charge in [0, 0.05) is 25.0 Å². The first kappa shape index (κ1) is 11.8. The molecule has 0 spiro atoms. The van der Waals surface area contributed by atoms with Crippen LogP contribution in [0.15, 0.2) is 0 Å². The van der Waals surface area contributed by atoms with E-state index in [9.17, 15) is 0 Å². The van der Waals surface area contributed by atoms with E-state index < -0.39 is 0 Å². The summed E-state index contributed by atoms with van der Waals surface area (Å²) in [5.74, 6) is 2.00. The SMILES string of the molecule is CC(C)c1n[nH]c(=S)n1CC1CCOC1C. The third-order valence-electron chi connectivity index (χ3n) is 3.25. The number of ether oxygens (including phenoxy) is 1. The van der Waals surface area contributed by atoms with Gasteiger partial charge in [0.2, 0.25) is 0 Å². The van der Waals surface area contributed by atoms with Crippen molar-refractivity contribution in [1.29, 1.82) is 0 Å². The van der Waals surface area contributed by atoms with E-state index >= 15 is 0 Å². The standard InChI is InChI=1S/C11H19N3OS/c1-7(2)10-12-13-11(16)14(10)6-9-4-5-15-8(9)3/h7-9H,4-6H2,1-3H3,(H,13,16). The van der Waals surface area contributed by atoms with E-state index in [-0.39, 0.29) is 0 Å². The van der Waals surface area contributed by atoms with Crippen LogP contribution >= 0.6 is 12.2 Å². The number of hydrogen-bond donors (Lipinski definition) is 1. The van der Waals surface area contributed by atoms with Crippen molar-refractivity contribution < 1.29 is 4.74 Å². The van der Waals surface area contributed by atoms with Gasteiger partial charge in [-0.1, -0.05) is 13.8 Å². The van der Waals surface area contributed by atoms with Gasteiger partial charge in [-0.05, 0) is 25.6 Å². The van der Waals surface area contributed by atoms with Gasteiger partial charge in [0.25, 0.3) is 0 Å². The molecule has 4 nitrogen and oxygen atoms in total. The van der Waals surface area contributed by atoms with Crippen molar-refractivity contribution in [2.24, 2.45) is 5.92 Å². The second-order valence-electron chi connectivity index (χ2n) is 4.78. The molecule has 0 aliphatic carbocycles. The van der Waals surface area contributed by atoms with Crippen molar-refractivity contribution in [1.82, 2.24) is 14.8 Å². The van der Waals surface area contributed by atoms with Gasteiger partial charge in [-0.15, -0.1) is 0 Å². The van der Waals surface area contributed by atoms with Crippen LogP contribution in [0.5, 0.6) is 0 Å². The summed E-state index contributed by atoms with van der Waals surface area (Å²) in [7, 11) is 0. The molecule has 16 heavy (non-hydrogen) atoms. The average molecular weight is 241 g/mol. The van der Waals surface area contributed by atoms with Crippen LogP contribution in [0.4, 0.5) is 0 Å². The molecule has 2 heterocycles. The first-order valence-electron chi connectivity index (χ1n) is 5.86. The molecule has 1 fully saturated rings.